The Hall–Kier alpha value is -2.83. The molecule has 1 aliphatic carbocycles. The number of ether oxygens (including phenoxy) is 2. The van der Waals surface area contributed by atoms with Crippen molar-refractivity contribution in [3.05, 3.63) is 35.5 Å². The SMILES string of the molecule is COc1ccc(C(=O)C(=NC2CCCC2)n2ncc(C)c2N)c(OC)c1. The fraction of sp³-hybridized carbons (Fsp3) is 0.421. The normalized spacial score (nSPS) is 15.3. The molecule has 7 nitrogen and oxygen atoms in total. The number of hydrogen-bond donors (Lipinski definition) is 1. The summed E-state index contributed by atoms with van der Waals surface area (Å²) in [7, 11) is 3.09. The third kappa shape index (κ3) is 3.42. The maximum absolute atomic E-state index is 13.3. The average Bonchev–Trinajstić information content (AvgIpc) is 3.29. The van der Waals surface area contributed by atoms with Crippen LogP contribution in [-0.4, -0.2) is 41.7 Å². The van der Waals surface area contributed by atoms with Gasteiger partial charge in [-0.3, -0.25) is 9.79 Å². The van der Waals surface area contributed by atoms with Crippen LogP contribution in [0.2, 0.25) is 0 Å². The van der Waals surface area contributed by atoms with E-state index >= 15 is 0 Å². The van der Waals surface area contributed by atoms with Crippen molar-refractivity contribution in [3.63, 3.8) is 0 Å². The Morgan fingerprint density at radius 3 is 2.58 bits per heavy atom. The monoisotopic (exact) mass is 356 g/mol. The number of nitrogen functional groups attached to an aromatic ring is 1. The van der Waals surface area contributed by atoms with Gasteiger partial charge in [-0.05, 0) is 31.9 Å². The van der Waals surface area contributed by atoms with Crippen LogP contribution in [0.15, 0.2) is 29.4 Å². The van der Waals surface area contributed by atoms with Crippen molar-refractivity contribution >= 4 is 17.4 Å². The van der Waals surface area contributed by atoms with Gasteiger partial charge in [0.2, 0.25) is 5.78 Å². The molecule has 0 bridgehead atoms. The first-order chi connectivity index (χ1) is 12.5. The Labute approximate surface area is 152 Å². The van der Waals surface area contributed by atoms with Gasteiger partial charge in [0.05, 0.1) is 32.0 Å². The third-order valence-corrected chi connectivity index (χ3v) is 4.69. The topological polar surface area (TPSA) is 91.7 Å². The minimum absolute atomic E-state index is 0.113. The number of nitrogens with zero attached hydrogens (tertiary/aromatic N) is 3. The molecule has 1 aromatic carbocycles. The van der Waals surface area contributed by atoms with Crippen molar-refractivity contribution in [1.29, 1.82) is 0 Å². The van der Waals surface area contributed by atoms with Crippen LogP contribution in [0.3, 0.4) is 0 Å². The van der Waals surface area contributed by atoms with E-state index in [1.807, 2.05) is 6.92 Å². The Kier molecular flexibility index (Phi) is 5.25. The lowest BCUT2D eigenvalue weighted by molar-refractivity contribution is 0.105. The second-order valence-electron chi connectivity index (χ2n) is 6.41. The van der Waals surface area contributed by atoms with Crippen molar-refractivity contribution in [2.24, 2.45) is 4.99 Å². The van der Waals surface area contributed by atoms with Crippen LogP contribution in [0, 0.1) is 6.92 Å². The zero-order valence-electron chi connectivity index (χ0n) is 15.4. The largest absolute Gasteiger partial charge is 0.497 e. The summed E-state index contributed by atoms with van der Waals surface area (Å²) in [6.45, 7) is 1.85. The number of carbonyl (C=O) groups excluding carboxylic acids is 1. The number of methoxy groups -OCH3 is 2. The molecule has 2 aromatic rings. The molecule has 1 fully saturated rings. The highest BCUT2D eigenvalue weighted by Crippen LogP contribution is 2.27. The minimum atomic E-state index is -0.272. The van der Waals surface area contributed by atoms with Gasteiger partial charge in [-0.1, -0.05) is 12.8 Å². The van der Waals surface area contributed by atoms with Crippen molar-refractivity contribution < 1.29 is 14.3 Å². The number of anilines is 1. The number of aryl methyl sites for hydroxylation is 1. The zero-order valence-corrected chi connectivity index (χ0v) is 15.4. The summed E-state index contributed by atoms with van der Waals surface area (Å²) < 4.78 is 12.0. The van der Waals surface area contributed by atoms with Crippen LogP contribution in [-0.2, 0) is 0 Å². The van der Waals surface area contributed by atoms with Gasteiger partial charge in [0.1, 0.15) is 17.3 Å². The minimum Gasteiger partial charge on any atom is -0.497 e. The van der Waals surface area contributed by atoms with E-state index in [0.29, 0.717) is 22.9 Å². The number of aromatic nitrogens is 2. The van der Waals surface area contributed by atoms with E-state index in [9.17, 15) is 4.79 Å². The van der Waals surface area contributed by atoms with Crippen LogP contribution in [0.4, 0.5) is 5.82 Å². The second-order valence-corrected chi connectivity index (χ2v) is 6.41. The number of carbonyl (C=O) groups is 1. The van der Waals surface area contributed by atoms with Gasteiger partial charge in [-0.15, -0.1) is 0 Å². The van der Waals surface area contributed by atoms with Crippen LogP contribution in [0.25, 0.3) is 0 Å². The highest BCUT2D eigenvalue weighted by atomic mass is 16.5. The first-order valence-electron chi connectivity index (χ1n) is 8.70. The zero-order chi connectivity index (χ0) is 18.7. The molecule has 26 heavy (non-hydrogen) atoms. The molecule has 0 unspecified atom stereocenters. The fourth-order valence-corrected chi connectivity index (χ4v) is 3.13. The molecule has 7 heteroatoms. The van der Waals surface area contributed by atoms with E-state index in [4.69, 9.17) is 20.2 Å². The molecule has 0 spiro atoms. The summed E-state index contributed by atoms with van der Waals surface area (Å²) in [5.74, 6) is 1.41. The molecule has 0 aliphatic heterocycles. The Bertz CT molecular complexity index is 835. The highest BCUT2D eigenvalue weighted by molar-refractivity contribution is 6.46. The van der Waals surface area contributed by atoms with E-state index < -0.39 is 0 Å². The molecule has 1 aromatic heterocycles. The molecule has 3 rings (SSSR count). The Balaban J connectivity index is 2.07. The Morgan fingerprint density at radius 2 is 2.00 bits per heavy atom. The molecule has 0 saturated heterocycles. The summed E-state index contributed by atoms with van der Waals surface area (Å²) in [4.78, 5) is 18.0. The quantitative estimate of drug-likeness (QED) is 0.505. The predicted molar refractivity (Wildman–Crippen MR) is 100 cm³/mol. The average molecular weight is 356 g/mol. The van der Waals surface area contributed by atoms with Crippen LogP contribution < -0.4 is 15.2 Å². The number of rotatable bonds is 5. The van der Waals surface area contributed by atoms with Crippen molar-refractivity contribution in [2.45, 2.75) is 38.6 Å². The van der Waals surface area contributed by atoms with Crippen LogP contribution >= 0.6 is 0 Å². The number of ketones is 1. The maximum atomic E-state index is 13.3. The van der Waals surface area contributed by atoms with E-state index in [1.165, 1.54) is 11.8 Å². The summed E-state index contributed by atoms with van der Waals surface area (Å²) >= 11 is 0. The van der Waals surface area contributed by atoms with Gasteiger partial charge >= 0.3 is 0 Å². The smallest absolute Gasteiger partial charge is 0.233 e. The second kappa shape index (κ2) is 7.59. The number of benzene rings is 1. The van der Waals surface area contributed by atoms with Gasteiger partial charge in [-0.2, -0.15) is 9.78 Å². The molecule has 0 amide bonds. The van der Waals surface area contributed by atoms with Crippen molar-refractivity contribution in [2.75, 3.05) is 20.0 Å². The lowest BCUT2D eigenvalue weighted by atomic mass is 10.1. The van der Waals surface area contributed by atoms with Crippen LogP contribution in [0.1, 0.15) is 41.6 Å². The first kappa shape index (κ1) is 18.0. The van der Waals surface area contributed by atoms with E-state index in [2.05, 4.69) is 5.10 Å². The lowest BCUT2D eigenvalue weighted by Gasteiger charge is -2.14. The molecular formula is C19H24N4O3. The van der Waals surface area contributed by atoms with Gasteiger partial charge in [-0.25, -0.2) is 0 Å². The summed E-state index contributed by atoms with van der Waals surface area (Å²) in [5.41, 5.74) is 7.33. The molecular weight excluding hydrogens is 332 g/mol. The molecule has 1 heterocycles. The summed E-state index contributed by atoms with van der Waals surface area (Å²) in [5, 5.41) is 4.27. The van der Waals surface area contributed by atoms with Gasteiger partial charge in [0.15, 0.2) is 5.84 Å². The van der Waals surface area contributed by atoms with Gasteiger partial charge in [0.25, 0.3) is 0 Å². The summed E-state index contributed by atoms with van der Waals surface area (Å²) in [6.07, 6.45) is 5.82. The molecule has 1 saturated carbocycles. The standard InChI is InChI=1S/C19H24N4O3/c1-12-11-21-23(18(12)20)19(22-13-6-4-5-7-13)17(24)15-9-8-14(25-2)10-16(15)26-3/h8-11,13H,4-7,20H2,1-3H3. The third-order valence-electron chi connectivity index (χ3n) is 4.69. The van der Waals surface area contributed by atoms with E-state index in [-0.39, 0.29) is 17.7 Å². The van der Waals surface area contributed by atoms with E-state index in [0.717, 1.165) is 31.2 Å². The van der Waals surface area contributed by atoms with Gasteiger partial charge in [0, 0.05) is 11.6 Å². The predicted octanol–water partition coefficient (Wildman–Crippen LogP) is 2.86. The molecule has 1 aliphatic rings. The lowest BCUT2D eigenvalue weighted by Crippen LogP contribution is -2.28. The number of Topliss-reactive ketones (excluding diaryl/α,β-unsaturated/α-hetero) is 1. The molecule has 2 N–H and O–H groups in total. The number of hydrogen-bond acceptors (Lipinski definition) is 6. The Morgan fingerprint density at radius 1 is 1.27 bits per heavy atom. The van der Waals surface area contributed by atoms with Crippen molar-refractivity contribution in [3.8, 4) is 11.5 Å². The first-order valence-corrected chi connectivity index (χ1v) is 8.70. The molecule has 138 valence electrons. The van der Waals surface area contributed by atoms with E-state index in [1.54, 1.807) is 31.5 Å². The molecule has 0 radical (unpaired) electrons. The fourth-order valence-electron chi connectivity index (χ4n) is 3.13. The maximum Gasteiger partial charge on any atom is 0.233 e. The number of aliphatic imine (C=N–C) groups is 1. The summed E-state index contributed by atoms with van der Waals surface area (Å²) in [6, 6.07) is 5.19. The number of nitrogens with two attached hydrogens (primary N) is 1. The van der Waals surface area contributed by atoms with Gasteiger partial charge < -0.3 is 15.2 Å². The highest BCUT2D eigenvalue weighted by Gasteiger charge is 2.25. The van der Waals surface area contributed by atoms with Crippen molar-refractivity contribution in [1.82, 2.24) is 9.78 Å². The van der Waals surface area contributed by atoms with Crippen LogP contribution in [0.5, 0.6) is 11.5 Å². The molecule has 0 atom stereocenters.